The molecule has 1 heterocycles. The quantitative estimate of drug-likeness (QED) is 0.719. The largest absolute Gasteiger partial charge is 0.344 e. The maximum atomic E-state index is 5.82. The summed E-state index contributed by atoms with van der Waals surface area (Å²) in [7, 11) is 0. The highest BCUT2D eigenvalue weighted by Gasteiger charge is 2.23. The molecule has 3 N–H and O–H groups in total. The molecule has 3 rings (SSSR count). The summed E-state index contributed by atoms with van der Waals surface area (Å²) >= 11 is 3.49. The van der Waals surface area contributed by atoms with Gasteiger partial charge in [0.2, 0.25) is 0 Å². The second kappa shape index (κ2) is 3.43. The molecule has 1 unspecified atom stereocenters. The lowest BCUT2D eigenvalue weighted by Crippen LogP contribution is -2.07. The first kappa shape index (κ1) is 10.1. The molecule has 0 spiro atoms. The fourth-order valence-electron chi connectivity index (χ4n) is 2.13. The van der Waals surface area contributed by atoms with Crippen LogP contribution in [0.15, 0.2) is 22.7 Å². The van der Waals surface area contributed by atoms with E-state index < -0.39 is 0 Å². The van der Waals surface area contributed by atoms with Crippen molar-refractivity contribution in [2.24, 2.45) is 5.73 Å². The fourth-order valence-corrected chi connectivity index (χ4v) is 2.53. The van der Waals surface area contributed by atoms with Crippen LogP contribution in [-0.4, -0.2) is 9.97 Å². The highest BCUT2D eigenvalue weighted by atomic mass is 79.9. The number of aromatic amines is 1. The summed E-state index contributed by atoms with van der Waals surface area (Å²) in [6.45, 7) is 1.94. The van der Waals surface area contributed by atoms with Gasteiger partial charge in [0.15, 0.2) is 0 Å². The van der Waals surface area contributed by atoms with Gasteiger partial charge in [-0.25, -0.2) is 4.98 Å². The topological polar surface area (TPSA) is 54.7 Å². The molecular weight excluding hydrogens is 266 g/mol. The number of aromatic nitrogens is 2. The van der Waals surface area contributed by atoms with Crippen molar-refractivity contribution in [3.05, 3.63) is 39.8 Å². The SMILES string of the molecule is CC(N)c1nc2c([nH]1)Cc1cc(Br)ccc1-2. The van der Waals surface area contributed by atoms with Crippen molar-refractivity contribution >= 4 is 15.9 Å². The Balaban J connectivity index is 2.13. The van der Waals surface area contributed by atoms with E-state index in [1.807, 2.05) is 13.0 Å². The average Bonchev–Trinajstić information content (AvgIpc) is 2.73. The predicted octanol–water partition coefficient (Wildman–Crippen LogP) is 2.76. The zero-order valence-electron chi connectivity index (χ0n) is 8.92. The van der Waals surface area contributed by atoms with Crippen molar-refractivity contribution in [2.75, 3.05) is 0 Å². The van der Waals surface area contributed by atoms with Crippen LogP contribution in [0.5, 0.6) is 0 Å². The third-order valence-corrected chi connectivity index (χ3v) is 3.41. The number of nitrogens with one attached hydrogen (secondary N) is 1. The van der Waals surface area contributed by atoms with Crippen LogP contribution in [0.2, 0.25) is 0 Å². The molecule has 0 fully saturated rings. The highest BCUT2D eigenvalue weighted by molar-refractivity contribution is 9.10. The maximum absolute atomic E-state index is 5.82. The minimum absolute atomic E-state index is 0.0375. The predicted molar refractivity (Wildman–Crippen MR) is 67.1 cm³/mol. The zero-order chi connectivity index (χ0) is 11.3. The Kier molecular flexibility index (Phi) is 2.16. The first-order valence-electron chi connectivity index (χ1n) is 5.28. The standard InChI is InChI=1S/C12H12BrN3/c1-6(14)12-15-10-5-7-4-8(13)2-3-9(7)11(10)16-12/h2-4,6H,5,14H2,1H3,(H,15,16). The van der Waals surface area contributed by atoms with Crippen molar-refractivity contribution in [1.82, 2.24) is 9.97 Å². The second-order valence-corrected chi connectivity index (χ2v) is 5.13. The van der Waals surface area contributed by atoms with Crippen molar-refractivity contribution in [1.29, 1.82) is 0 Å². The van der Waals surface area contributed by atoms with Gasteiger partial charge in [0.25, 0.3) is 0 Å². The monoisotopic (exact) mass is 277 g/mol. The molecule has 1 aliphatic carbocycles. The molecule has 0 saturated heterocycles. The number of rotatable bonds is 1. The molecule has 0 saturated carbocycles. The summed E-state index contributed by atoms with van der Waals surface area (Å²) in [5.41, 5.74) is 10.6. The molecule has 0 amide bonds. The summed E-state index contributed by atoms with van der Waals surface area (Å²) in [6.07, 6.45) is 0.920. The van der Waals surface area contributed by atoms with Crippen LogP contribution in [-0.2, 0) is 6.42 Å². The van der Waals surface area contributed by atoms with Gasteiger partial charge in [-0.1, -0.05) is 22.0 Å². The van der Waals surface area contributed by atoms with Gasteiger partial charge in [-0.3, -0.25) is 0 Å². The van der Waals surface area contributed by atoms with Gasteiger partial charge in [0.05, 0.1) is 11.7 Å². The number of hydrogen-bond donors (Lipinski definition) is 2. The Hall–Kier alpha value is -1.13. The van der Waals surface area contributed by atoms with Crippen LogP contribution in [0.4, 0.5) is 0 Å². The lowest BCUT2D eigenvalue weighted by Gasteiger charge is -2.02. The van der Waals surface area contributed by atoms with Crippen LogP contribution < -0.4 is 5.73 Å². The molecule has 1 atom stereocenters. The van der Waals surface area contributed by atoms with Crippen LogP contribution >= 0.6 is 15.9 Å². The highest BCUT2D eigenvalue weighted by Crippen LogP contribution is 2.36. The third-order valence-electron chi connectivity index (χ3n) is 2.92. The molecule has 2 aromatic rings. The second-order valence-electron chi connectivity index (χ2n) is 4.22. The van der Waals surface area contributed by atoms with E-state index >= 15 is 0 Å². The van der Waals surface area contributed by atoms with Gasteiger partial charge < -0.3 is 10.7 Å². The minimum Gasteiger partial charge on any atom is -0.344 e. The van der Waals surface area contributed by atoms with E-state index in [4.69, 9.17) is 5.73 Å². The molecule has 0 aliphatic heterocycles. The van der Waals surface area contributed by atoms with E-state index in [2.05, 4.69) is 38.0 Å². The van der Waals surface area contributed by atoms with Gasteiger partial charge >= 0.3 is 0 Å². The smallest absolute Gasteiger partial charge is 0.123 e. The Morgan fingerprint density at radius 3 is 3.06 bits per heavy atom. The maximum Gasteiger partial charge on any atom is 0.123 e. The van der Waals surface area contributed by atoms with E-state index in [0.717, 1.165) is 22.4 Å². The lowest BCUT2D eigenvalue weighted by atomic mass is 10.1. The van der Waals surface area contributed by atoms with E-state index in [0.29, 0.717) is 0 Å². The van der Waals surface area contributed by atoms with Crippen LogP contribution in [0.25, 0.3) is 11.3 Å². The number of nitrogens with two attached hydrogens (primary N) is 1. The van der Waals surface area contributed by atoms with Crippen LogP contribution in [0.1, 0.15) is 30.0 Å². The van der Waals surface area contributed by atoms with Gasteiger partial charge in [-0.05, 0) is 24.6 Å². The first-order valence-corrected chi connectivity index (χ1v) is 6.07. The Morgan fingerprint density at radius 2 is 2.31 bits per heavy atom. The number of halogens is 1. The van der Waals surface area contributed by atoms with Gasteiger partial charge in [-0.15, -0.1) is 0 Å². The first-order chi connectivity index (χ1) is 7.65. The van der Waals surface area contributed by atoms with Crippen molar-refractivity contribution < 1.29 is 0 Å². The summed E-state index contributed by atoms with van der Waals surface area (Å²) in [6, 6.07) is 6.27. The molecule has 16 heavy (non-hydrogen) atoms. The van der Waals surface area contributed by atoms with E-state index in [1.54, 1.807) is 0 Å². The number of H-pyrrole nitrogens is 1. The van der Waals surface area contributed by atoms with Crippen molar-refractivity contribution in [3.8, 4) is 11.3 Å². The number of hydrogen-bond acceptors (Lipinski definition) is 2. The van der Waals surface area contributed by atoms with Crippen LogP contribution in [0.3, 0.4) is 0 Å². The molecular formula is C12H12BrN3. The van der Waals surface area contributed by atoms with Gasteiger partial charge in [0, 0.05) is 22.2 Å². The molecule has 3 nitrogen and oxygen atoms in total. The number of imidazole rings is 1. The zero-order valence-corrected chi connectivity index (χ0v) is 10.5. The molecule has 1 aromatic carbocycles. The summed E-state index contributed by atoms with van der Waals surface area (Å²) in [5, 5.41) is 0. The number of nitrogens with zero attached hydrogens (tertiary/aromatic N) is 1. The number of benzene rings is 1. The average molecular weight is 278 g/mol. The minimum atomic E-state index is -0.0375. The van der Waals surface area contributed by atoms with Gasteiger partial charge in [-0.2, -0.15) is 0 Å². The summed E-state index contributed by atoms with van der Waals surface area (Å²) in [5.74, 6) is 0.874. The fraction of sp³-hybridized carbons (Fsp3) is 0.250. The number of fused-ring (bicyclic) bond motifs is 3. The summed E-state index contributed by atoms with van der Waals surface area (Å²) in [4.78, 5) is 7.87. The molecule has 1 aromatic heterocycles. The normalized spacial score (nSPS) is 14.7. The molecule has 1 aliphatic rings. The third kappa shape index (κ3) is 1.41. The van der Waals surface area contributed by atoms with Crippen LogP contribution in [0, 0.1) is 0 Å². The van der Waals surface area contributed by atoms with Gasteiger partial charge in [0.1, 0.15) is 5.82 Å². The Bertz CT molecular complexity index is 557. The van der Waals surface area contributed by atoms with E-state index in [1.165, 1.54) is 16.8 Å². The molecule has 0 radical (unpaired) electrons. The molecule has 0 bridgehead atoms. The Morgan fingerprint density at radius 1 is 1.50 bits per heavy atom. The van der Waals surface area contributed by atoms with E-state index in [-0.39, 0.29) is 6.04 Å². The van der Waals surface area contributed by atoms with Crippen molar-refractivity contribution in [2.45, 2.75) is 19.4 Å². The van der Waals surface area contributed by atoms with E-state index in [9.17, 15) is 0 Å². The lowest BCUT2D eigenvalue weighted by molar-refractivity contribution is 0.752. The molecule has 4 heteroatoms. The Labute approximate surface area is 102 Å². The summed E-state index contributed by atoms with van der Waals surface area (Å²) < 4.78 is 1.11. The van der Waals surface area contributed by atoms with Crippen molar-refractivity contribution in [3.63, 3.8) is 0 Å². The molecule has 82 valence electrons.